The molecule has 1 aliphatic heterocycles. The summed E-state index contributed by atoms with van der Waals surface area (Å²) in [5.41, 5.74) is 0. The maximum Gasteiger partial charge on any atom is 0.307 e. The highest BCUT2D eigenvalue weighted by Crippen LogP contribution is 2.59. The first-order valence-corrected chi connectivity index (χ1v) is 4.75. The summed E-state index contributed by atoms with van der Waals surface area (Å²) in [7, 11) is 0. The lowest BCUT2D eigenvalue weighted by molar-refractivity contribution is -0.142. The van der Waals surface area contributed by atoms with Gasteiger partial charge in [-0.2, -0.15) is 11.8 Å². The first-order chi connectivity index (χ1) is 5.63. The number of carboxylic acid groups (broad SMARTS) is 2. The van der Waals surface area contributed by atoms with Crippen LogP contribution in [0.1, 0.15) is 0 Å². The van der Waals surface area contributed by atoms with Crippen LogP contribution in [-0.2, 0) is 9.59 Å². The van der Waals surface area contributed by atoms with Crippen molar-refractivity contribution in [3.63, 3.8) is 0 Å². The molecule has 66 valence electrons. The number of aliphatic carboxylic acids is 2. The molecule has 0 bridgehead atoms. The van der Waals surface area contributed by atoms with Gasteiger partial charge in [-0.15, -0.1) is 0 Å². The van der Waals surface area contributed by atoms with Crippen molar-refractivity contribution in [2.24, 2.45) is 17.8 Å². The Kier molecular flexibility index (Phi) is 1.57. The predicted molar refractivity (Wildman–Crippen MR) is 42.0 cm³/mol. The van der Waals surface area contributed by atoms with Crippen LogP contribution in [0.3, 0.4) is 0 Å². The first-order valence-electron chi connectivity index (χ1n) is 3.70. The Morgan fingerprint density at radius 3 is 2.33 bits per heavy atom. The molecule has 1 aliphatic carbocycles. The molecule has 0 amide bonds. The van der Waals surface area contributed by atoms with Crippen molar-refractivity contribution in [3.8, 4) is 0 Å². The van der Waals surface area contributed by atoms with Gasteiger partial charge in [-0.1, -0.05) is 0 Å². The standard InChI is InChI=1S/C7H8O4S/c8-6(9)2-1-12-5-3(2)4(5)7(10)11/h2-5H,1H2,(H,8,9)(H,10,11). The summed E-state index contributed by atoms with van der Waals surface area (Å²) < 4.78 is 0. The summed E-state index contributed by atoms with van der Waals surface area (Å²) in [4.78, 5) is 21.1. The van der Waals surface area contributed by atoms with E-state index in [4.69, 9.17) is 10.2 Å². The third kappa shape index (κ3) is 0.924. The second kappa shape index (κ2) is 2.39. The predicted octanol–water partition coefficient (Wildman–Crippen LogP) is 0.133. The number of hydrogen-bond acceptors (Lipinski definition) is 3. The molecular formula is C7H8O4S. The number of carboxylic acids is 2. The quantitative estimate of drug-likeness (QED) is 0.644. The Bertz CT molecular complexity index is 252. The fourth-order valence-corrected chi connectivity index (χ4v) is 3.66. The zero-order chi connectivity index (χ0) is 8.88. The molecule has 0 aromatic heterocycles. The zero-order valence-corrected chi connectivity index (χ0v) is 6.95. The van der Waals surface area contributed by atoms with Gasteiger partial charge >= 0.3 is 11.9 Å². The minimum Gasteiger partial charge on any atom is -0.481 e. The van der Waals surface area contributed by atoms with Crippen LogP contribution in [0.4, 0.5) is 0 Å². The van der Waals surface area contributed by atoms with Crippen LogP contribution in [0.2, 0.25) is 0 Å². The molecule has 2 fully saturated rings. The fourth-order valence-electron chi connectivity index (χ4n) is 1.87. The fraction of sp³-hybridized carbons (Fsp3) is 0.714. The highest BCUT2D eigenvalue weighted by atomic mass is 32.2. The summed E-state index contributed by atoms with van der Waals surface area (Å²) in [5.74, 6) is -2.05. The second-order valence-electron chi connectivity index (χ2n) is 3.18. The van der Waals surface area contributed by atoms with Gasteiger partial charge in [0.2, 0.25) is 0 Å². The Morgan fingerprint density at radius 1 is 1.25 bits per heavy atom. The summed E-state index contributed by atoms with van der Waals surface area (Å²) in [6.45, 7) is 0. The lowest BCUT2D eigenvalue weighted by atomic mass is 10.1. The van der Waals surface area contributed by atoms with Crippen LogP contribution in [0.15, 0.2) is 0 Å². The van der Waals surface area contributed by atoms with E-state index in [2.05, 4.69) is 0 Å². The Labute approximate surface area is 73.0 Å². The van der Waals surface area contributed by atoms with Crippen LogP contribution in [-0.4, -0.2) is 33.2 Å². The van der Waals surface area contributed by atoms with Crippen molar-refractivity contribution in [2.75, 3.05) is 5.75 Å². The van der Waals surface area contributed by atoms with Gasteiger partial charge in [-0.3, -0.25) is 9.59 Å². The minimum absolute atomic E-state index is 0.0728. The van der Waals surface area contributed by atoms with Crippen molar-refractivity contribution >= 4 is 23.7 Å². The van der Waals surface area contributed by atoms with E-state index in [-0.39, 0.29) is 11.2 Å². The van der Waals surface area contributed by atoms with E-state index < -0.39 is 23.8 Å². The van der Waals surface area contributed by atoms with Gasteiger partial charge < -0.3 is 10.2 Å². The van der Waals surface area contributed by atoms with E-state index in [0.717, 1.165) is 0 Å². The van der Waals surface area contributed by atoms with E-state index in [1.54, 1.807) is 0 Å². The van der Waals surface area contributed by atoms with Crippen molar-refractivity contribution in [1.29, 1.82) is 0 Å². The molecule has 0 aromatic rings. The number of fused-ring (bicyclic) bond motifs is 1. The van der Waals surface area contributed by atoms with Crippen LogP contribution in [0.25, 0.3) is 0 Å². The smallest absolute Gasteiger partial charge is 0.307 e. The Hall–Kier alpha value is -0.710. The first kappa shape index (κ1) is 7.91. The molecule has 0 aromatic carbocycles. The highest BCUT2D eigenvalue weighted by molar-refractivity contribution is 8.00. The molecule has 4 nitrogen and oxygen atoms in total. The van der Waals surface area contributed by atoms with Crippen molar-refractivity contribution < 1.29 is 19.8 Å². The highest BCUT2D eigenvalue weighted by Gasteiger charge is 2.64. The second-order valence-corrected chi connectivity index (χ2v) is 4.40. The molecule has 12 heavy (non-hydrogen) atoms. The molecule has 5 heteroatoms. The van der Waals surface area contributed by atoms with Crippen molar-refractivity contribution in [3.05, 3.63) is 0 Å². The third-order valence-corrected chi connectivity index (χ3v) is 4.09. The number of hydrogen-bond donors (Lipinski definition) is 2. The summed E-state index contributed by atoms with van der Waals surface area (Å²) in [6, 6.07) is 0. The van der Waals surface area contributed by atoms with Crippen LogP contribution < -0.4 is 0 Å². The third-order valence-electron chi connectivity index (χ3n) is 2.54. The van der Waals surface area contributed by atoms with E-state index in [1.807, 2.05) is 0 Å². The normalized spacial score (nSPS) is 43.7. The van der Waals surface area contributed by atoms with Gasteiger partial charge in [-0.25, -0.2) is 0 Å². The van der Waals surface area contributed by atoms with Crippen LogP contribution >= 0.6 is 11.8 Å². The minimum atomic E-state index is -0.848. The average molecular weight is 188 g/mol. The van der Waals surface area contributed by atoms with Gasteiger partial charge in [0.15, 0.2) is 0 Å². The van der Waals surface area contributed by atoms with Gasteiger partial charge in [0.1, 0.15) is 0 Å². The van der Waals surface area contributed by atoms with Gasteiger partial charge in [-0.05, 0) is 5.92 Å². The number of thioether (sulfide) groups is 1. The molecule has 0 radical (unpaired) electrons. The maximum absolute atomic E-state index is 10.6. The SMILES string of the molecule is O=C(O)C1CSC2C(C(=O)O)C12. The van der Waals surface area contributed by atoms with Gasteiger partial charge in [0.05, 0.1) is 11.8 Å². The maximum atomic E-state index is 10.6. The van der Waals surface area contributed by atoms with Crippen LogP contribution in [0.5, 0.6) is 0 Å². The van der Waals surface area contributed by atoms with E-state index >= 15 is 0 Å². The van der Waals surface area contributed by atoms with Crippen LogP contribution in [0, 0.1) is 17.8 Å². The average Bonchev–Trinajstić information content (AvgIpc) is 2.52. The molecular weight excluding hydrogens is 180 g/mol. The summed E-state index contributed by atoms with van der Waals surface area (Å²) in [5, 5.41) is 17.4. The molecule has 1 saturated carbocycles. The molecule has 4 atom stereocenters. The van der Waals surface area contributed by atoms with E-state index in [1.165, 1.54) is 11.8 Å². The molecule has 0 spiro atoms. The zero-order valence-electron chi connectivity index (χ0n) is 6.14. The number of carbonyl (C=O) groups is 2. The van der Waals surface area contributed by atoms with E-state index in [0.29, 0.717) is 5.75 Å². The molecule has 1 heterocycles. The van der Waals surface area contributed by atoms with E-state index in [9.17, 15) is 9.59 Å². The van der Waals surface area contributed by atoms with Gasteiger partial charge in [0, 0.05) is 11.0 Å². The molecule has 1 saturated heterocycles. The monoisotopic (exact) mass is 188 g/mol. The number of rotatable bonds is 2. The van der Waals surface area contributed by atoms with Gasteiger partial charge in [0.25, 0.3) is 0 Å². The molecule has 4 unspecified atom stereocenters. The lowest BCUT2D eigenvalue weighted by Gasteiger charge is -2.05. The molecule has 2 rings (SSSR count). The Morgan fingerprint density at radius 2 is 1.92 bits per heavy atom. The molecule has 2 aliphatic rings. The Balaban J connectivity index is 2.07. The lowest BCUT2D eigenvalue weighted by Crippen LogP contribution is -2.19. The summed E-state index contributed by atoms with van der Waals surface area (Å²) >= 11 is 1.48. The van der Waals surface area contributed by atoms with Crippen molar-refractivity contribution in [1.82, 2.24) is 0 Å². The topological polar surface area (TPSA) is 74.6 Å². The largest absolute Gasteiger partial charge is 0.481 e. The summed E-state index contributed by atoms with van der Waals surface area (Å²) in [6.07, 6.45) is 0. The molecule has 2 N–H and O–H groups in total. The van der Waals surface area contributed by atoms with Crippen molar-refractivity contribution in [2.45, 2.75) is 5.25 Å².